The standard InChI is InChI=1S/C15H11N5O2S/c1-22-14-7-11(3-2-9(14)8-16)18-15(21)17-10-4-5-12-13(6-10)20-23-19-12/h2-7H,1H3,(H2,17,18,21). The maximum absolute atomic E-state index is 12.0. The summed E-state index contributed by atoms with van der Waals surface area (Å²) in [6.07, 6.45) is 0. The van der Waals surface area contributed by atoms with Crippen molar-refractivity contribution >= 4 is 40.2 Å². The van der Waals surface area contributed by atoms with Gasteiger partial charge in [-0.3, -0.25) is 0 Å². The first kappa shape index (κ1) is 14.7. The zero-order valence-electron chi connectivity index (χ0n) is 12.0. The number of urea groups is 1. The average Bonchev–Trinajstić information content (AvgIpc) is 3.02. The van der Waals surface area contributed by atoms with Crippen molar-refractivity contribution in [1.82, 2.24) is 8.75 Å². The minimum Gasteiger partial charge on any atom is -0.495 e. The number of benzene rings is 2. The van der Waals surface area contributed by atoms with Gasteiger partial charge in [0.1, 0.15) is 22.9 Å². The second kappa shape index (κ2) is 6.29. The van der Waals surface area contributed by atoms with E-state index >= 15 is 0 Å². The predicted octanol–water partition coefficient (Wildman–Crippen LogP) is 3.22. The number of fused-ring (bicyclic) bond motifs is 1. The SMILES string of the molecule is COc1cc(NC(=O)Nc2ccc3nsnc3c2)ccc1C#N. The molecule has 1 aromatic heterocycles. The number of nitriles is 1. The van der Waals surface area contributed by atoms with Crippen LogP contribution in [0.1, 0.15) is 5.56 Å². The van der Waals surface area contributed by atoms with Crippen LogP contribution in [0.2, 0.25) is 0 Å². The van der Waals surface area contributed by atoms with Gasteiger partial charge >= 0.3 is 6.03 Å². The number of anilines is 2. The number of carbonyl (C=O) groups excluding carboxylic acids is 1. The molecule has 2 amide bonds. The van der Waals surface area contributed by atoms with E-state index in [4.69, 9.17) is 10.00 Å². The molecule has 8 heteroatoms. The summed E-state index contributed by atoms with van der Waals surface area (Å²) in [5.41, 5.74) is 3.06. The molecule has 0 saturated carbocycles. The first-order valence-electron chi connectivity index (χ1n) is 6.58. The largest absolute Gasteiger partial charge is 0.495 e. The third kappa shape index (κ3) is 3.20. The van der Waals surface area contributed by atoms with Gasteiger partial charge in [0.05, 0.1) is 24.4 Å². The highest BCUT2D eigenvalue weighted by atomic mass is 32.1. The highest BCUT2D eigenvalue weighted by molar-refractivity contribution is 7.00. The Hall–Kier alpha value is -3.18. The molecule has 0 spiro atoms. The van der Waals surface area contributed by atoms with Gasteiger partial charge < -0.3 is 15.4 Å². The average molecular weight is 325 g/mol. The minimum absolute atomic E-state index is 0.403. The lowest BCUT2D eigenvalue weighted by atomic mass is 10.2. The predicted molar refractivity (Wildman–Crippen MR) is 87.8 cm³/mol. The number of hydrogen-bond donors (Lipinski definition) is 2. The summed E-state index contributed by atoms with van der Waals surface area (Å²) in [6.45, 7) is 0. The van der Waals surface area contributed by atoms with E-state index in [9.17, 15) is 4.79 Å². The molecule has 3 rings (SSSR count). The van der Waals surface area contributed by atoms with Crippen molar-refractivity contribution in [1.29, 1.82) is 5.26 Å². The summed E-state index contributed by atoms with van der Waals surface area (Å²) in [7, 11) is 1.47. The zero-order valence-corrected chi connectivity index (χ0v) is 12.8. The number of aromatic nitrogens is 2. The Morgan fingerprint density at radius 3 is 2.57 bits per heavy atom. The fourth-order valence-corrected chi connectivity index (χ4v) is 2.53. The number of ether oxygens (including phenoxy) is 1. The van der Waals surface area contributed by atoms with Crippen LogP contribution >= 0.6 is 11.7 Å². The number of nitrogens with zero attached hydrogens (tertiary/aromatic N) is 3. The van der Waals surface area contributed by atoms with Crippen LogP contribution in [-0.2, 0) is 0 Å². The molecule has 0 aliphatic carbocycles. The number of methoxy groups -OCH3 is 1. The van der Waals surface area contributed by atoms with Crippen LogP contribution in [0.3, 0.4) is 0 Å². The molecule has 0 unspecified atom stereocenters. The molecule has 114 valence electrons. The highest BCUT2D eigenvalue weighted by Gasteiger charge is 2.08. The molecular formula is C15H11N5O2S. The van der Waals surface area contributed by atoms with Gasteiger partial charge in [0.2, 0.25) is 0 Å². The van der Waals surface area contributed by atoms with E-state index in [-0.39, 0.29) is 0 Å². The highest BCUT2D eigenvalue weighted by Crippen LogP contribution is 2.23. The number of carbonyl (C=O) groups is 1. The smallest absolute Gasteiger partial charge is 0.323 e. The Morgan fingerprint density at radius 2 is 1.83 bits per heavy atom. The quantitative estimate of drug-likeness (QED) is 0.770. The van der Waals surface area contributed by atoms with Gasteiger partial charge in [-0.25, -0.2) is 4.79 Å². The van der Waals surface area contributed by atoms with Crippen molar-refractivity contribution < 1.29 is 9.53 Å². The molecule has 23 heavy (non-hydrogen) atoms. The van der Waals surface area contributed by atoms with E-state index in [0.29, 0.717) is 22.7 Å². The first-order valence-corrected chi connectivity index (χ1v) is 7.31. The van der Waals surface area contributed by atoms with Gasteiger partial charge in [-0.05, 0) is 30.3 Å². The van der Waals surface area contributed by atoms with Crippen molar-refractivity contribution in [2.45, 2.75) is 0 Å². The lowest BCUT2D eigenvalue weighted by Crippen LogP contribution is -2.19. The molecule has 7 nitrogen and oxygen atoms in total. The van der Waals surface area contributed by atoms with Crippen molar-refractivity contribution in [3.8, 4) is 11.8 Å². The molecule has 0 aliphatic rings. The van der Waals surface area contributed by atoms with Crippen LogP contribution in [0.5, 0.6) is 5.75 Å². The van der Waals surface area contributed by atoms with Crippen LogP contribution in [-0.4, -0.2) is 21.9 Å². The summed E-state index contributed by atoms with van der Waals surface area (Å²) >= 11 is 1.12. The third-order valence-corrected chi connectivity index (χ3v) is 3.65. The van der Waals surface area contributed by atoms with Crippen LogP contribution in [0, 0.1) is 11.3 Å². The Kier molecular flexibility index (Phi) is 4.03. The molecule has 1 heterocycles. The van der Waals surface area contributed by atoms with Gasteiger partial charge in [-0.1, -0.05) is 0 Å². The van der Waals surface area contributed by atoms with Crippen molar-refractivity contribution in [2.24, 2.45) is 0 Å². The summed E-state index contributed by atoms with van der Waals surface area (Å²) in [6, 6.07) is 11.7. The molecule has 3 aromatic rings. The molecule has 2 N–H and O–H groups in total. The summed E-state index contributed by atoms with van der Waals surface area (Å²) in [5, 5.41) is 14.4. The van der Waals surface area contributed by atoms with Crippen molar-refractivity contribution in [3.05, 3.63) is 42.0 Å². The van der Waals surface area contributed by atoms with Gasteiger partial charge in [0, 0.05) is 17.4 Å². The molecule has 0 bridgehead atoms. The normalized spacial score (nSPS) is 10.1. The van der Waals surface area contributed by atoms with Crippen molar-refractivity contribution in [2.75, 3.05) is 17.7 Å². The Bertz CT molecular complexity index is 916. The Balaban J connectivity index is 1.72. The van der Waals surface area contributed by atoms with Crippen LogP contribution in [0.25, 0.3) is 11.0 Å². The molecule has 0 saturated heterocycles. The molecule has 0 aliphatic heterocycles. The van der Waals surface area contributed by atoms with Gasteiger partial charge in [0.25, 0.3) is 0 Å². The topological polar surface area (TPSA) is 99.9 Å². The van der Waals surface area contributed by atoms with E-state index in [0.717, 1.165) is 22.8 Å². The van der Waals surface area contributed by atoms with E-state index in [1.54, 1.807) is 36.4 Å². The second-order valence-electron chi connectivity index (χ2n) is 4.57. The molecule has 0 radical (unpaired) electrons. The maximum atomic E-state index is 12.0. The number of nitrogens with one attached hydrogen (secondary N) is 2. The maximum Gasteiger partial charge on any atom is 0.323 e. The molecule has 2 aromatic carbocycles. The third-order valence-electron chi connectivity index (χ3n) is 3.09. The van der Waals surface area contributed by atoms with E-state index in [1.165, 1.54) is 7.11 Å². The summed E-state index contributed by atoms with van der Waals surface area (Å²) < 4.78 is 13.3. The van der Waals surface area contributed by atoms with Crippen LogP contribution in [0.4, 0.5) is 16.2 Å². The van der Waals surface area contributed by atoms with Gasteiger partial charge in [-0.2, -0.15) is 14.0 Å². The van der Waals surface area contributed by atoms with Crippen LogP contribution < -0.4 is 15.4 Å². The number of amides is 2. The molecule has 0 fully saturated rings. The summed E-state index contributed by atoms with van der Waals surface area (Å²) in [5.74, 6) is 0.403. The van der Waals surface area contributed by atoms with Gasteiger partial charge in [0.15, 0.2) is 0 Å². The molecular weight excluding hydrogens is 314 g/mol. The lowest BCUT2D eigenvalue weighted by Gasteiger charge is -2.09. The Labute approximate surface area is 135 Å². The van der Waals surface area contributed by atoms with Crippen molar-refractivity contribution in [3.63, 3.8) is 0 Å². The molecule has 0 atom stereocenters. The fraction of sp³-hybridized carbons (Fsp3) is 0.0667. The monoisotopic (exact) mass is 325 g/mol. The van der Waals surface area contributed by atoms with E-state index in [2.05, 4.69) is 19.4 Å². The van der Waals surface area contributed by atoms with Crippen LogP contribution in [0.15, 0.2) is 36.4 Å². The Morgan fingerprint density at radius 1 is 1.13 bits per heavy atom. The number of hydrogen-bond acceptors (Lipinski definition) is 6. The van der Waals surface area contributed by atoms with E-state index in [1.807, 2.05) is 6.07 Å². The number of rotatable bonds is 3. The first-order chi connectivity index (χ1) is 11.2. The second-order valence-corrected chi connectivity index (χ2v) is 5.10. The lowest BCUT2D eigenvalue weighted by molar-refractivity contribution is 0.262. The van der Waals surface area contributed by atoms with E-state index < -0.39 is 6.03 Å². The van der Waals surface area contributed by atoms with Gasteiger partial charge in [-0.15, -0.1) is 0 Å². The zero-order chi connectivity index (χ0) is 16.2. The minimum atomic E-state index is -0.403. The fourth-order valence-electron chi connectivity index (χ4n) is 2.01. The summed E-state index contributed by atoms with van der Waals surface area (Å²) in [4.78, 5) is 12.0.